The minimum atomic E-state index is -0.163. The number of nitrogens with one attached hydrogen (secondary N) is 2. The maximum absolute atomic E-state index is 12.3. The first-order chi connectivity index (χ1) is 13.7. The van der Waals surface area contributed by atoms with E-state index in [1.165, 1.54) is 0 Å². The molecule has 144 valence electrons. The Morgan fingerprint density at radius 2 is 2.04 bits per heavy atom. The highest BCUT2D eigenvalue weighted by atomic mass is 16.3. The van der Waals surface area contributed by atoms with Gasteiger partial charge in [-0.2, -0.15) is 0 Å². The van der Waals surface area contributed by atoms with Crippen LogP contribution >= 0.6 is 0 Å². The van der Waals surface area contributed by atoms with Gasteiger partial charge in [0.2, 0.25) is 0 Å². The van der Waals surface area contributed by atoms with Crippen molar-refractivity contribution in [3.8, 4) is 0 Å². The van der Waals surface area contributed by atoms with Gasteiger partial charge >= 0.3 is 0 Å². The fraction of sp³-hybridized carbons (Fsp3) is 0.190. The standard InChI is InChI=1S/C21H23N5O2/c22-21(24-11-9-18-7-1-2-10-23-18)26-14-16-5-3-6-17(13-16)20(27)25-15-19-8-4-12-28-19/h1-8,10,12-13H,9,11,14-15H2,(H,25,27)(H3,22,24,26). The molecule has 1 aromatic carbocycles. The molecule has 3 aromatic rings. The molecule has 0 radical (unpaired) electrons. The first kappa shape index (κ1) is 19.2. The van der Waals surface area contributed by atoms with Gasteiger partial charge in [-0.1, -0.05) is 18.2 Å². The summed E-state index contributed by atoms with van der Waals surface area (Å²) in [5.41, 5.74) is 8.38. The maximum atomic E-state index is 12.3. The van der Waals surface area contributed by atoms with E-state index in [4.69, 9.17) is 10.2 Å². The van der Waals surface area contributed by atoms with E-state index in [1.807, 2.05) is 42.5 Å². The number of benzene rings is 1. The van der Waals surface area contributed by atoms with Crippen LogP contribution < -0.4 is 16.4 Å². The molecule has 28 heavy (non-hydrogen) atoms. The highest BCUT2D eigenvalue weighted by molar-refractivity contribution is 5.94. The van der Waals surface area contributed by atoms with Crippen LogP contribution in [0.2, 0.25) is 0 Å². The Bertz CT molecular complexity index is 908. The number of furan rings is 1. The lowest BCUT2D eigenvalue weighted by Gasteiger charge is -2.07. The molecule has 0 atom stereocenters. The van der Waals surface area contributed by atoms with Crippen LogP contribution in [0.25, 0.3) is 0 Å². The predicted octanol–water partition coefficient (Wildman–Crippen LogP) is 2.25. The third kappa shape index (κ3) is 5.98. The molecule has 0 spiro atoms. The van der Waals surface area contributed by atoms with Gasteiger partial charge in [0.05, 0.1) is 19.4 Å². The molecule has 3 rings (SSSR count). The van der Waals surface area contributed by atoms with E-state index < -0.39 is 0 Å². The van der Waals surface area contributed by atoms with Crippen molar-refractivity contribution in [3.05, 3.63) is 89.6 Å². The van der Waals surface area contributed by atoms with Gasteiger partial charge in [-0.25, -0.2) is 4.99 Å². The Kier molecular flexibility index (Phi) is 6.78. The number of amides is 1. The molecular formula is C21H23N5O2. The van der Waals surface area contributed by atoms with Gasteiger partial charge < -0.3 is 20.8 Å². The average molecular weight is 377 g/mol. The van der Waals surface area contributed by atoms with E-state index in [-0.39, 0.29) is 5.91 Å². The Morgan fingerprint density at radius 3 is 2.82 bits per heavy atom. The maximum Gasteiger partial charge on any atom is 0.251 e. The summed E-state index contributed by atoms with van der Waals surface area (Å²) in [5, 5.41) is 5.90. The molecule has 4 N–H and O–H groups in total. The summed E-state index contributed by atoms with van der Waals surface area (Å²) in [6.07, 6.45) is 4.11. The van der Waals surface area contributed by atoms with Gasteiger partial charge in [0, 0.05) is 30.4 Å². The molecule has 0 aliphatic carbocycles. The number of aromatic nitrogens is 1. The van der Waals surface area contributed by atoms with Crippen molar-refractivity contribution in [2.45, 2.75) is 19.5 Å². The van der Waals surface area contributed by atoms with Crippen molar-refractivity contribution in [1.82, 2.24) is 15.6 Å². The number of rotatable bonds is 8. The number of carbonyl (C=O) groups excluding carboxylic acids is 1. The van der Waals surface area contributed by atoms with E-state index in [9.17, 15) is 4.79 Å². The van der Waals surface area contributed by atoms with Gasteiger partial charge in [-0.15, -0.1) is 0 Å². The highest BCUT2D eigenvalue weighted by Crippen LogP contribution is 2.07. The lowest BCUT2D eigenvalue weighted by atomic mass is 10.1. The fourth-order valence-electron chi connectivity index (χ4n) is 2.59. The molecule has 2 heterocycles. The summed E-state index contributed by atoms with van der Waals surface area (Å²) < 4.78 is 5.21. The van der Waals surface area contributed by atoms with Crippen LogP contribution in [0.4, 0.5) is 0 Å². The Labute approximate surface area is 163 Å². The molecule has 0 aliphatic rings. The van der Waals surface area contributed by atoms with Crippen molar-refractivity contribution >= 4 is 11.9 Å². The lowest BCUT2D eigenvalue weighted by molar-refractivity contribution is 0.0948. The zero-order valence-electron chi connectivity index (χ0n) is 15.5. The second kappa shape index (κ2) is 9.91. The first-order valence-electron chi connectivity index (χ1n) is 9.04. The molecular weight excluding hydrogens is 354 g/mol. The van der Waals surface area contributed by atoms with Crippen LogP contribution in [0.5, 0.6) is 0 Å². The summed E-state index contributed by atoms with van der Waals surface area (Å²) in [6.45, 7) is 1.39. The third-order valence-corrected chi connectivity index (χ3v) is 4.04. The highest BCUT2D eigenvalue weighted by Gasteiger charge is 2.07. The van der Waals surface area contributed by atoms with Crippen LogP contribution in [0.1, 0.15) is 27.4 Å². The van der Waals surface area contributed by atoms with E-state index in [0.717, 1.165) is 17.7 Å². The van der Waals surface area contributed by atoms with Gasteiger partial charge in [-0.05, 0) is 42.0 Å². The largest absolute Gasteiger partial charge is 0.467 e. The van der Waals surface area contributed by atoms with Gasteiger partial charge in [0.15, 0.2) is 5.96 Å². The van der Waals surface area contributed by atoms with Gasteiger partial charge in [0.1, 0.15) is 5.76 Å². The molecule has 0 saturated heterocycles. The van der Waals surface area contributed by atoms with E-state index in [1.54, 1.807) is 24.6 Å². The molecule has 7 nitrogen and oxygen atoms in total. The first-order valence-corrected chi connectivity index (χ1v) is 9.04. The average Bonchev–Trinajstić information content (AvgIpc) is 3.25. The molecule has 0 fully saturated rings. The predicted molar refractivity (Wildman–Crippen MR) is 108 cm³/mol. The molecule has 0 aliphatic heterocycles. The molecule has 0 bridgehead atoms. The van der Waals surface area contributed by atoms with Crippen molar-refractivity contribution in [2.75, 3.05) is 6.54 Å². The molecule has 0 saturated carbocycles. The number of nitrogens with zero attached hydrogens (tertiary/aromatic N) is 2. The smallest absolute Gasteiger partial charge is 0.251 e. The number of hydrogen-bond acceptors (Lipinski definition) is 4. The van der Waals surface area contributed by atoms with E-state index >= 15 is 0 Å². The normalized spacial score (nSPS) is 11.2. The van der Waals surface area contributed by atoms with Crippen LogP contribution in [-0.4, -0.2) is 23.4 Å². The minimum Gasteiger partial charge on any atom is -0.467 e. The quantitative estimate of drug-likeness (QED) is 0.412. The minimum absolute atomic E-state index is 0.163. The topological polar surface area (TPSA) is 106 Å². The number of nitrogens with two attached hydrogens (primary N) is 1. The second-order valence-electron chi connectivity index (χ2n) is 6.16. The zero-order chi connectivity index (χ0) is 19.6. The number of hydrogen-bond donors (Lipinski definition) is 3. The van der Waals surface area contributed by atoms with Crippen LogP contribution in [0.3, 0.4) is 0 Å². The fourth-order valence-corrected chi connectivity index (χ4v) is 2.59. The number of guanidine groups is 1. The molecule has 0 unspecified atom stereocenters. The monoisotopic (exact) mass is 377 g/mol. The molecule has 1 amide bonds. The Balaban J connectivity index is 1.47. The summed E-state index contributed by atoms with van der Waals surface area (Å²) in [7, 11) is 0. The third-order valence-electron chi connectivity index (χ3n) is 4.04. The number of pyridine rings is 1. The lowest BCUT2D eigenvalue weighted by Crippen LogP contribution is -2.33. The number of aliphatic imine (C=N–C) groups is 1. The van der Waals surface area contributed by atoms with Crippen molar-refractivity contribution in [3.63, 3.8) is 0 Å². The molecule has 7 heteroatoms. The van der Waals surface area contributed by atoms with E-state index in [2.05, 4.69) is 20.6 Å². The van der Waals surface area contributed by atoms with Gasteiger partial charge in [-0.3, -0.25) is 9.78 Å². The summed E-state index contributed by atoms with van der Waals surface area (Å²) in [6, 6.07) is 16.7. The van der Waals surface area contributed by atoms with Crippen molar-refractivity contribution < 1.29 is 9.21 Å². The van der Waals surface area contributed by atoms with Crippen LogP contribution in [0, 0.1) is 0 Å². The Morgan fingerprint density at radius 1 is 1.11 bits per heavy atom. The van der Waals surface area contributed by atoms with Crippen molar-refractivity contribution in [2.24, 2.45) is 10.7 Å². The SMILES string of the molecule is NC(=NCc1cccc(C(=O)NCc2ccco2)c1)NCCc1ccccn1. The summed E-state index contributed by atoms with van der Waals surface area (Å²) in [4.78, 5) is 20.9. The molecule has 2 aromatic heterocycles. The number of carbonyl (C=O) groups is 1. The second-order valence-corrected chi connectivity index (χ2v) is 6.16. The zero-order valence-corrected chi connectivity index (χ0v) is 15.5. The van der Waals surface area contributed by atoms with Crippen molar-refractivity contribution in [1.29, 1.82) is 0 Å². The van der Waals surface area contributed by atoms with E-state index in [0.29, 0.717) is 36.9 Å². The van der Waals surface area contributed by atoms with Crippen LogP contribution in [0.15, 0.2) is 76.5 Å². The van der Waals surface area contributed by atoms with Gasteiger partial charge in [0.25, 0.3) is 5.91 Å². The summed E-state index contributed by atoms with van der Waals surface area (Å²) >= 11 is 0. The Hall–Kier alpha value is -3.61. The van der Waals surface area contributed by atoms with Crippen LogP contribution in [-0.2, 0) is 19.5 Å². The summed E-state index contributed by atoms with van der Waals surface area (Å²) in [5.74, 6) is 0.908.